The molecule has 4 heteroatoms. The lowest BCUT2D eigenvalue weighted by Crippen LogP contribution is -2.40. The fraction of sp³-hybridized carbons (Fsp3) is 1.00. The first kappa shape index (κ1) is 13.0. The van der Waals surface area contributed by atoms with Crippen LogP contribution < -0.4 is 5.73 Å². The van der Waals surface area contributed by atoms with E-state index in [0.717, 1.165) is 19.3 Å². The van der Waals surface area contributed by atoms with Gasteiger partial charge in [0.05, 0.1) is 5.25 Å². The van der Waals surface area contributed by atoms with Crippen LogP contribution >= 0.6 is 0 Å². The normalized spacial score (nSPS) is 33.3. The Labute approximate surface area is 93.3 Å². The average molecular weight is 233 g/mol. The van der Waals surface area contributed by atoms with Gasteiger partial charge in [0.2, 0.25) is 0 Å². The zero-order chi connectivity index (χ0) is 11.6. The molecule has 0 spiro atoms. The summed E-state index contributed by atoms with van der Waals surface area (Å²) in [5.74, 6) is 1.46. The topological polar surface area (TPSA) is 60.2 Å². The molecule has 2 N–H and O–H groups in total. The average Bonchev–Trinajstić information content (AvgIpc) is 2.15. The summed E-state index contributed by atoms with van der Waals surface area (Å²) in [6, 6.07) is 0. The minimum atomic E-state index is -2.92. The summed E-state index contributed by atoms with van der Waals surface area (Å²) >= 11 is 0. The van der Waals surface area contributed by atoms with E-state index in [0.29, 0.717) is 18.4 Å². The van der Waals surface area contributed by atoms with Gasteiger partial charge in [0.25, 0.3) is 0 Å². The monoisotopic (exact) mass is 233 g/mol. The van der Waals surface area contributed by atoms with Crippen molar-refractivity contribution in [3.63, 3.8) is 0 Å². The van der Waals surface area contributed by atoms with Crippen molar-refractivity contribution < 1.29 is 8.42 Å². The molecule has 15 heavy (non-hydrogen) atoms. The van der Waals surface area contributed by atoms with E-state index in [9.17, 15) is 8.42 Å². The minimum Gasteiger partial charge on any atom is -0.330 e. The van der Waals surface area contributed by atoms with E-state index in [1.165, 1.54) is 6.26 Å². The molecule has 0 heterocycles. The second kappa shape index (κ2) is 4.83. The van der Waals surface area contributed by atoms with Gasteiger partial charge in [-0.2, -0.15) is 0 Å². The van der Waals surface area contributed by atoms with Gasteiger partial charge in [-0.25, -0.2) is 8.42 Å². The van der Waals surface area contributed by atoms with E-state index in [1.807, 2.05) is 0 Å². The van der Waals surface area contributed by atoms with Crippen molar-refractivity contribution in [3.8, 4) is 0 Å². The third-order valence-electron chi connectivity index (χ3n) is 3.75. The second-order valence-electron chi connectivity index (χ2n) is 5.18. The Kier molecular flexibility index (Phi) is 4.18. The molecule has 0 bridgehead atoms. The first-order chi connectivity index (χ1) is 6.86. The quantitative estimate of drug-likeness (QED) is 0.802. The molecule has 1 aliphatic rings. The zero-order valence-corrected chi connectivity index (χ0v) is 10.8. The number of nitrogens with two attached hydrogens (primary N) is 1. The van der Waals surface area contributed by atoms with Gasteiger partial charge < -0.3 is 5.73 Å². The van der Waals surface area contributed by atoms with E-state index in [4.69, 9.17) is 5.73 Å². The molecule has 3 unspecified atom stereocenters. The van der Waals surface area contributed by atoms with Crippen LogP contribution in [0, 0.1) is 17.8 Å². The summed E-state index contributed by atoms with van der Waals surface area (Å²) in [4.78, 5) is 0. The highest BCUT2D eigenvalue weighted by Gasteiger charge is 2.36. The van der Waals surface area contributed by atoms with E-state index < -0.39 is 9.84 Å². The number of hydrogen-bond donors (Lipinski definition) is 1. The largest absolute Gasteiger partial charge is 0.330 e. The van der Waals surface area contributed by atoms with Crippen LogP contribution in [0.5, 0.6) is 0 Å². The van der Waals surface area contributed by atoms with Gasteiger partial charge in [-0.05, 0) is 43.6 Å². The Hall–Kier alpha value is -0.0900. The Morgan fingerprint density at radius 2 is 1.93 bits per heavy atom. The third kappa shape index (κ3) is 3.18. The number of hydrogen-bond acceptors (Lipinski definition) is 3. The van der Waals surface area contributed by atoms with Gasteiger partial charge >= 0.3 is 0 Å². The summed E-state index contributed by atoms with van der Waals surface area (Å²) in [5, 5.41) is -0.197. The summed E-state index contributed by atoms with van der Waals surface area (Å²) in [7, 11) is -2.92. The second-order valence-corrected chi connectivity index (χ2v) is 7.45. The van der Waals surface area contributed by atoms with Crippen molar-refractivity contribution in [2.75, 3.05) is 12.8 Å². The smallest absolute Gasteiger partial charge is 0.150 e. The lowest BCUT2D eigenvalue weighted by molar-refractivity contribution is 0.221. The molecule has 90 valence electrons. The lowest BCUT2D eigenvalue weighted by atomic mass is 9.76. The van der Waals surface area contributed by atoms with Gasteiger partial charge in [-0.1, -0.05) is 13.8 Å². The lowest BCUT2D eigenvalue weighted by Gasteiger charge is -2.36. The van der Waals surface area contributed by atoms with Crippen LogP contribution in [-0.2, 0) is 9.84 Å². The predicted molar refractivity (Wildman–Crippen MR) is 63.4 cm³/mol. The molecule has 3 atom stereocenters. The summed E-state index contributed by atoms with van der Waals surface area (Å²) in [6.45, 7) is 4.92. The molecule has 3 nitrogen and oxygen atoms in total. The van der Waals surface area contributed by atoms with Crippen molar-refractivity contribution in [2.45, 2.75) is 38.4 Å². The van der Waals surface area contributed by atoms with Crippen LogP contribution in [0.25, 0.3) is 0 Å². The minimum absolute atomic E-state index is 0.168. The van der Waals surface area contributed by atoms with Gasteiger partial charge in [-0.3, -0.25) is 0 Å². The Morgan fingerprint density at radius 3 is 2.33 bits per heavy atom. The van der Waals surface area contributed by atoms with Crippen LogP contribution in [0.2, 0.25) is 0 Å². The SMILES string of the molecule is CC(C)C1CCC(S(C)(=O)=O)C(CN)C1. The molecule has 1 rings (SSSR count). The fourth-order valence-corrected chi connectivity index (χ4v) is 4.18. The highest BCUT2D eigenvalue weighted by Crippen LogP contribution is 2.36. The molecule has 0 amide bonds. The first-order valence-corrected chi connectivity index (χ1v) is 7.70. The Morgan fingerprint density at radius 1 is 1.33 bits per heavy atom. The van der Waals surface area contributed by atoms with E-state index in [-0.39, 0.29) is 11.2 Å². The van der Waals surface area contributed by atoms with Crippen LogP contribution in [0.15, 0.2) is 0 Å². The molecule has 0 radical (unpaired) electrons. The van der Waals surface area contributed by atoms with Crippen molar-refractivity contribution >= 4 is 9.84 Å². The van der Waals surface area contributed by atoms with Gasteiger partial charge in [-0.15, -0.1) is 0 Å². The molecule has 0 aromatic rings. The van der Waals surface area contributed by atoms with Crippen LogP contribution in [0.1, 0.15) is 33.1 Å². The van der Waals surface area contributed by atoms with Gasteiger partial charge in [0.15, 0.2) is 9.84 Å². The number of sulfone groups is 1. The van der Waals surface area contributed by atoms with E-state index >= 15 is 0 Å². The summed E-state index contributed by atoms with van der Waals surface area (Å²) in [5.41, 5.74) is 5.69. The summed E-state index contributed by atoms with van der Waals surface area (Å²) < 4.78 is 23.2. The molecule has 0 aromatic carbocycles. The Bertz CT molecular complexity index is 298. The van der Waals surface area contributed by atoms with Crippen LogP contribution in [0.4, 0.5) is 0 Å². The van der Waals surface area contributed by atoms with Crippen LogP contribution in [0.3, 0.4) is 0 Å². The van der Waals surface area contributed by atoms with Gasteiger partial charge in [0.1, 0.15) is 0 Å². The standard InChI is InChI=1S/C11H23NO2S/c1-8(2)9-4-5-11(15(3,13)14)10(6-9)7-12/h8-11H,4-7,12H2,1-3H3. The van der Waals surface area contributed by atoms with E-state index in [2.05, 4.69) is 13.8 Å². The maximum Gasteiger partial charge on any atom is 0.150 e. The van der Waals surface area contributed by atoms with Crippen molar-refractivity contribution in [2.24, 2.45) is 23.5 Å². The van der Waals surface area contributed by atoms with Crippen LogP contribution in [-0.4, -0.2) is 26.5 Å². The molecule has 1 aliphatic carbocycles. The molecular formula is C11H23NO2S. The molecular weight excluding hydrogens is 210 g/mol. The molecule has 1 saturated carbocycles. The maximum atomic E-state index is 11.6. The Balaban J connectivity index is 2.74. The predicted octanol–water partition coefficient (Wildman–Crippen LogP) is 1.43. The molecule has 0 saturated heterocycles. The molecule has 0 aliphatic heterocycles. The van der Waals surface area contributed by atoms with E-state index in [1.54, 1.807) is 0 Å². The van der Waals surface area contributed by atoms with Gasteiger partial charge in [0, 0.05) is 6.26 Å². The summed E-state index contributed by atoms with van der Waals surface area (Å²) in [6.07, 6.45) is 4.15. The zero-order valence-electron chi connectivity index (χ0n) is 9.94. The van der Waals surface area contributed by atoms with Crippen molar-refractivity contribution in [3.05, 3.63) is 0 Å². The molecule has 1 fully saturated rings. The van der Waals surface area contributed by atoms with Crippen molar-refractivity contribution in [1.29, 1.82) is 0 Å². The highest BCUT2D eigenvalue weighted by molar-refractivity contribution is 7.91. The maximum absolute atomic E-state index is 11.6. The van der Waals surface area contributed by atoms with Crippen molar-refractivity contribution in [1.82, 2.24) is 0 Å². The first-order valence-electron chi connectivity index (χ1n) is 5.75. The third-order valence-corrected chi connectivity index (χ3v) is 5.47. The molecule has 0 aromatic heterocycles. The number of rotatable bonds is 3. The fourth-order valence-electron chi connectivity index (χ4n) is 2.69. The highest BCUT2D eigenvalue weighted by atomic mass is 32.2.